The second-order valence-electron chi connectivity index (χ2n) is 2.88. The molecule has 0 aliphatic heterocycles. The number of pyridine rings is 1. The number of aromatic nitrogens is 1. The zero-order chi connectivity index (χ0) is 7.84. The van der Waals surface area contributed by atoms with Gasteiger partial charge in [-0.25, -0.2) is 0 Å². The molecular weight excluding hydrogens is 140 g/mol. The molecule has 1 aliphatic carbocycles. The van der Waals surface area contributed by atoms with E-state index in [1.54, 1.807) is 6.07 Å². The fraction of sp³-hybridized carbons (Fsp3) is 0.375. The van der Waals surface area contributed by atoms with Crippen LogP contribution in [0.1, 0.15) is 17.7 Å². The number of anilines is 1. The molecule has 0 saturated heterocycles. The smallest absolute Gasteiger partial charge is 0.198 e. The fourth-order valence-corrected chi connectivity index (χ4v) is 1.62. The van der Waals surface area contributed by atoms with Crippen LogP contribution in [-0.4, -0.2) is 0 Å². The third kappa shape index (κ3) is 0.843. The topological polar surface area (TPSA) is 53.0 Å². The molecule has 0 bridgehead atoms. The monoisotopic (exact) mass is 150 g/mol. The molecule has 0 atom stereocenters. The molecule has 0 saturated carbocycles. The van der Waals surface area contributed by atoms with Crippen molar-refractivity contribution in [3.63, 3.8) is 0 Å². The van der Waals surface area contributed by atoms with Gasteiger partial charge in [-0.1, -0.05) is 0 Å². The lowest BCUT2D eigenvalue weighted by molar-refractivity contribution is -0.613. The summed E-state index contributed by atoms with van der Waals surface area (Å²) in [5.41, 5.74) is 8.38. The fourth-order valence-electron chi connectivity index (χ4n) is 1.62. The number of nitrogens with two attached hydrogens (primary N) is 1. The van der Waals surface area contributed by atoms with Gasteiger partial charge >= 0.3 is 0 Å². The zero-order valence-corrected chi connectivity index (χ0v) is 6.21. The van der Waals surface area contributed by atoms with E-state index in [9.17, 15) is 5.21 Å². The molecule has 3 nitrogen and oxygen atoms in total. The van der Waals surface area contributed by atoms with Crippen molar-refractivity contribution in [1.29, 1.82) is 0 Å². The van der Waals surface area contributed by atoms with Gasteiger partial charge in [0.2, 0.25) is 0 Å². The number of fused-ring (bicyclic) bond motifs is 1. The Labute approximate surface area is 65.0 Å². The van der Waals surface area contributed by atoms with Gasteiger partial charge in [-0.2, -0.15) is 4.73 Å². The van der Waals surface area contributed by atoms with Crippen molar-refractivity contribution in [3.8, 4) is 0 Å². The minimum atomic E-state index is 0.768. The molecule has 0 unspecified atom stereocenters. The highest BCUT2D eigenvalue weighted by atomic mass is 16.5. The highest BCUT2D eigenvalue weighted by molar-refractivity contribution is 5.48. The molecule has 1 aromatic heterocycles. The van der Waals surface area contributed by atoms with Gasteiger partial charge in [0.05, 0.1) is 0 Å². The van der Waals surface area contributed by atoms with Crippen LogP contribution in [0.3, 0.4) is 0 Å². The lowest BCUT2D eigenvalue weighted by Gasteiger charge is -2.03. The van der Waals surface area contributed by atoms with Crippen LogP contribution in [-0.2, 0) is 12.8 Å². The van der Waals surface area contributed by atoms with Crippen LogP contribution in [0.4, 0.5) is 5.69 Å². The maximum absolute atomic E-state index is 11.1. The highest BCUT2D eigenvalue weighted by Crippen LogP contribution is 2.23. The molecule has 2 N–H and O–H groups in total. The molecule has 0 fully saturated rings. The summed E-state index contributed by atoms with van der Waals surface area (Å²) in [6, 6.07) is 1.68. The van der Waals surface area contributed by atoms with Crippen LogP contribution in [0.5, 0.6) is 0 Å². The number of nitrogen functional groups attached to an aromatic ring is 1. The van der Waals surface area contributed by atoms with Crippen LogP contribution in [0, 0.1) is 5.21 Å². The molecule has 0 aromatic carbocycles. The van der Waals surface area contributed by atoms with E-state index < -0.39 is 0 Å². The Kier molecular flexibility index (Phi) is 1.24. The molecule has 0 spiro atoms. The van der Waals surface area contributed by atoms with Gasteiger partial charge < -0.3 is 10.9 Å². The van der Waals surface area contributed by atoms with Crippen molar-refractivity contribution in [1.82, 2.24) is 0 Å². The molecule has 58 valence electrons. The summed E-state index contributed by atoms with van der Waals surface area (Å²) in [7, 11) is 0. The summed E-state index contributed by atoms with van der Waals surface area (Å²) < 4.78 is 0.929. The Morgan fingerprint density at radius 1 is 1.45 bits per heavy atom. The van der Waals surface area contributed by atoms with Gasteiger partial charge in [0.1, 0.15) is 0 Å². The maximum Gasteiger partial charge on any atom is 0.198 e. The first-order valence-corrected chi connectivity index (χ1v) is 3.78. The first-order chi connectivity index (χ1) is 5.29. The summed E-state index contributed by atoms with van der Waals surface area (Å²) in [4.78, 5) is 0. The van der Waals surface area contributed by atoms with Crippen molar-refractivity contribution in [3.05, 3.63) is 28.7 Å². The average Bonchev–Trinajstić information content (AvgIpc) is 2.45. The SMILES string of the molecule is Nc1cc[n+]([O-])c2c1CCC2. The maximum atomic E-state index is 11.1. The van der Waals surface area contributed by atoms with Crippen molar-refractivity contribution in [2.45, 2.75) is 19.3 Å². The normalized spacial score (nSPS) is 14.9. The number of rotatable bonds is 0. The predicted molar refractivity (Wildman–Crippen MR) is 41.8 cm³/mol. The molecule has 1 aliphatic rings. The Hall–Kier alpha value is -1.25. The molecule has 0 radical (unpaired) electrons. The molecule has 1 aromatic rings. The quantitative estimate of drug-likeness (QED) is 0.429. The van der Waals surface area contributed by atoms with Gasteiger partial charge in [-0.05, 0) is 12.8 Å². The summed E-state index contributed by atoms with van der Waals surface area (Å²) >= 11 is 0. The van der Waals surface area contributed by atoms with Gasteiger partial charge in [0.25, 0.3) is 0 Å². The first-order valence-electron chi connectivity index (χ1n) is 3.78. The van der Waals surface area contributed by atoms with E-state index in [0.717, 1.165) is 40.9 Å². The van der Waals surface area contributed by atoms with Gasteiger partial charge in [-0.15, -0.1) is 0 Å². The van der Waals surface area contributed by atoms with Crippen molar-refractivity contribution in [2.24, 2.45) is 0 Å². The first kappa shape index (κ1) is 6.46. The second kappa shape index (κ2) is 2.12. The molecule has 3 heteroatoms. The number of hydrogen-bond donors (Lipinski definition) is 1. The van der Waals surface area contributed by atoms with E-state index in [2.05, 4.69) is 0 Å². The van der Waals surface area contributed by atoms with Crippen LogP contribution < -0.4 is 10.5 Å². The van der Waals surface area contributed by atoms with Crippen LogP contribution >= 0.6 is 0 Å². The van der Waals surface area contributed by atoms with Gasteiger partial charge in [0.15, 0.2) is 11.9 Å². The van der Waals surface area contributed by atoms with Crippen molar-refractivity contribution >= 4 is 5.69 Å². The summed E-state index contributed by atoms with van der Waals surface area (Å²) in [5, 5.41) is 11.1. The Balaban J connectivity index is 2.64. The molecular formula is C8H10N2O. The van der Waals surface area contributed by atoms with Crippen LogP contribution in [0.15, 0.2) is 12.3 Å². The van der Waals surface area contributed by atoms with E-state index in [-0.39, 0.29) is 0 Å². The summed E-state index contributed by atoms with van der Waals surface area (Å²) in [6.07, 6.45) is 4.39. The lowest BCUT2D eigenvalue weighted by atomic mass is 10.2. The van der Waals surface area contributed by atoms with E-state index in [1.165, 1.54) is 6.20 Å². The Morgan fingerprint density at radius 3 is 3.00 bits per heavy atom. The second-order valence-corrected chi connectivity index (χ2v) is 2.88. The number of nitrogens with zero attached hydrogens (tertiary/aromatic N) is 1. The average molecular weight is 150 g/mol. The van der Waals surface area contributed by atoms with Crippen molar-refractivity contribution < 1.29 is 4.73 Å². The summed E-state index contributed by atoms with van der Waals surface area (Å²) in [5.74, 6) is 0. The molecule has 0 amide bonds. The minimum absolute atomic E-state index is 0.768. The minimum Gasteiger partial charge on any atom is -0.618 e. The van der Waals surface area contributed by atoms with Gasteiger partial charge in [0, 0.05) is 23.7 Å². The largest absolute Gasteiger partial charge is 0.618 e. The van der Waals surface area contributed by atoms with E-state index in [1.807, 2.05) is 0 Å². The molecule has 1 heterocycles. The van der Waals surface area contributed by atoms with Crippen LogP contribution in [0.25, 0.3) is 0 Å². The Morgan fingerprint density at radius 2 is 2.27 bits per heavy atom. The van der Waals surface area contributed by atoms with Crippen LogP contribution in [0.2, 0.25) is 0 Å². The van der Waals surface area contributed by atoms with Crippen molar-refractivity contribution in [2.75, 3.05) is 5.73 Å². The zero-order valence-electron chi connectivity index (χ0n) is 6.21. The standard InChI is InChI=1S/C8H10N2O/c9-7-4-5-10(11)8-3-1-2-6(7)8/h4-5H,1-3,9H2. The number of hydrogen-bond acceptors (Lipinski definition) is 2. The van der Waals surface area contributed by atoms with Gasteiger partial charge in [-0.3, -0.25) is 0 Å². The highest BCUT2D eigenvalue weighted by Gasteiger charge is 2.20. The van der Waals surface area contributed by atoms with E-state index >= 15 is 0 Å². The Bertz CT molecular complexity index is 267. The third-order valence-electron chi connectivity index (χ3n) is 2.19. The van der Waals surface area contributed by atoms with E-state index in [0.29, 0.717) is 0 Å². The third-order valence-corrected chi connectivity index (χ3v) is 2.19. The predicted octanol–water partition coefficient (Wildman–Crippen LogP) is 0.391. The molecule has 11 heavy (non-hydrogen) atoms. The van der Waals surface area contributed by atoms with E-state index in [4.69, 9.17) is 5.73 Å². The molecule has 2 rings (SSSR count). The summed E-state index contributed by atoms with van der Waals surface area (Å²) in [6.45, 7) is 0. The lowest BCUT2D eigenvalue weighted by Crippen LogP contribution is -2.31.